The minimum atomic E-state index is -0.366. The van der Waals surface area contributed by atoms with Gasteiger partial charge in [0, 0.05) is 13.1 Å². The summed E-state index contributed by atoms with van der Waals surface area (Å²) in [7, 11) is 1.92. The van der Waals surface area contributed by atoms with Gasteiger partial charge in [-0.25, -0.2) is 14.8 Å². The number of nitrogens with one attached hydrogen (secondary N) is 2. The molecule has 0 aliphatic heterocycles. The summed E-state index contributed by atoms with van der Waals surface area (Å²) in [5.74, 6) is 0.679. The van der Waals surface area contributed by atoms with Crippen molar-refractivity contribution in [3.8, 4) is 5.88 Å². The highest BCUT2D eigenvalue weighted by Gasteiger charge is 2.16. The fraction of sp³-hybridized carbons (Fsp3) is 0.429. The predicted molar refractivity (Wildman–Crippen MR) is 118 cm³/mol. The number of amides is 2. The van der Waals surface area contributed by atoms with Gasteiger partial charge >= 0.3 is 6.03 Å². The summed E-state index contributed by atoms with van der Waals surface area (Å²) in [6.45, 7) is 9.01. The third-order valence-electron chi connectivity index (χ3n) is 4.58. The number of aromatic nitrogens is 4. The van der Waals surface area contributed by atoms with Crippen molar-refractivity contribution >= 4 is 34.4 Å². The van der Waals surface area contributed by atoms with E-state index in [1.54, 1.807) is 12.1 Å². The zero-order chi connectivity index (χ0) is 21.8. The average molecular weight is 431 g/mol. The van der Waals surface area contributed by atoms with Gasteiger partial charge in [0.15, 0.2) is 0 Å². The Balaban J connectivity index is 1.73. The van der Waals surface area contributed by atoms with Crippen LogP contribution in [-0.4, -0.2) is 32.4 Å². The molecule has 0 radical (unpaired) electrons. The monoisotopic (exact) mass is 430 g/mol. The molecule has 30 heavy (non-hydrogen) atoms. The van der Waals surface area contributed by atoms with Gasteiger partial charge in [-0.05, 0) is 37.0 Å². The number of ether oxygens (including phenoxy) is 1. The van der Waals surface area contributed by atoms with E-state index >= 15 is 0 Å². The van der Waals surface area contributed by atoms with Crippen molar-refractivity contribution in [2.24, 2.45) is 7.05 Å². The molecule has 0 bridgehead atoms. The number of halogens is 1. The molecule has 0 fully saturated rings. The number of carbonyl (C=O) groups excluding carboxylic acids is 1. The molecule has 160 valence electrons. The summed E-state index contributed by atoms with van der Waals surface area (Å²) in [4.78, 5) is 21.2. The lowest BCUT2D eigenvalue weighted by Gasteiger charge is -2.13. The van der Waals surface area contributed by atoms with Crippen LogP contribution in [0.1, 0.15) is 50.1 Å². The van der Waals surface area contributed by atoms with Crippen LogP contribution >= 0.6 is 11.6 Å². The average Bonchev–Trinajstić information content (AvgIpc) is 2.97. The van der Waals surface area contributed by atoms with Gasteiger partial charge in [0.05, 0.1) is 35.7 Å². The van der Waals surface area contributed by atoms with E-state index in [1.807, 2.05) is 31.6 Å². The lowest BCUT2D eigenvalue weighted by molar-refractivity contribution is 0.251. The molecule has 9 heteroatoms. The normalized spacial score (nSPS) is 11.2. The summed E-state index contributed by atoms with van der Waals surface area (Å²) < 4.78 is 7.36. The number of carbonyl (C=O) groups is 1. The number of hydrogen-bond acceptors (Lipinski definition) is 5. The minimum absolute atomic E-state index is 0.250. The largest absolute Gasteiger partial charge is 0.478 e. The van der Waals surface area contributed by atoms with E-state index in [1.165, 1.54) is 0 Å². The molecule has 0 spiro atoms. The van der Waals surface area contributed by atoms with Crippen molar-refractivity contribution in [2.75, 3.05) is 11.9 Å². The Labute approximate surface area is 181 Å². The molecule has 3 aromatic heterocycles. The molecule has 0 saturated carbocycles. The molecule has 0 atom stereocenters. The van der Waals surface area contributed by atoms with Gasteiger partial charge in [-0.1, -0.05) is 32.4 Å². The first-order valence-corrected chi connectivity index (χ1v) is 10.3. The molecule has 0 aliphatic rings. The SMILES string of the molecule is CCCOc1cc(NC(=O)NCc2cc(C(C)C)c3c(n2)c(C)nn3C)cc(Cl)n1. The van der Waals surface area contributed by atoms with Gasteiger partial charge in [-0.2, -0.15) is 5.10 Å². The van der Waals surface area contributed by atoms with Crippen molar-refractivity contribution in [2.45, 2.75) is 46.6 Å². The fourth-order valence-corrected chi connectivity index (χ4v) is 3.43. The van der Waals surface area contributed by atoms with Gasteiger partial charge in [0.2, 0.25) is 5.88 Å². The Morgan fingerprint density at radius 3 is 2.73 bits per heavy atom. The van der Waals surface area contributed by atoms with Crippen LogP contribution < -0.4 is 15.4 Å². The molecule has 2 amide bonds. The van der Waals surface area contributed by atoms with E-state index in [0.29, 0.717) is 24.1 Å². The van der Waals surface area contributed by atoms with E-state index < -0.39 is 0 Å². The molecule has 3 rings (SSSR count). The molecular formula is C21H27ClN6O2. The third kappa shape index (κ3) is 4.99. The number of pyridine rings is 2. The predicted octanol–water partition coefficient (Wildman–Crippen LogP) is 4.56. The maximum absolute atomic E-state index is 12.4. The Kier molecular flexibility index (Phi) is 6.77. The van der Waals surface area contributed by atoms with Crippen LogP contribution in [0.5, 0.6) is 5.88 Å². The molecule has 3 heterocycles. The Morgan fingerprint density at radius 2 is 2.03 bits per heavy atom. The van der Waals surface area contributed by atoms with Gasteiger partial charge in [-0.3, -0.25) is 4.68 Å². The van der Waals surface area contributed by atoms with Gasteiger partial charge < -0.3 is 15.4 Å². The van der Waals surface area contributed by atoms with Gasteiger partial charge in [0.1, 0.15) is 10.7 Å². The zero-order valence-corrected chi connectivity index (χ0v) is 18.7. The highest BCUT2D eigenvalue weighted by molar-refractivity contribution is 6.29. The summed E-state index contributed by atoms with van der Waals surface area (Å²) in [6.07, 6.45) is 0.851. The maximum Gasteiger partial charge on any atom is 0.319 e. The number of anilines is 1. The second kappa shape index (κ2) is 9.30. The van der Waals surface area contributed by atoms with Gasteiger partial charge in [-0.15, -0.1) is 0 Å². The van der Waals surface area contributed by atoms with Crippen molar-refractivity contribution in [1.82, 2.24) is 25.1 Å². The lowest BCUT2D eigenvalue weighted by atomic mass is 10.0. The molecule has 8 nitrogen and oxygen atoms in total. The Bertz CT molecular complexity index is 1060. The van der Waals surface area contributed by atoms with Crippen molar-refractivity contribution < 1.29 is 9.53 Å². The smallest absolute Gasteiger partial charge is 0.319 e. The molecule has 0 saturated heterocycles. The molecule has 0 unspecified atom stereocenters. The third-order valence-corrected chi connectivity index (χ3v) is 4.77. The summed E-state index contributed by atoms with van der Waals surface area (Å²) in [6, 6.07) is 4.87. The topological polar surface area (TPSA) is 94.0 Å². The van der Waals surface area contributed by atoms with E-state index in [2.05, 4.69) is 34.6 Å². The van der Waals surface area contributed by atoms with E-state index in [9.17, 15) is 4.79 Å². The lowest BCUT2D eigenvalue weighted by Crippen LogP contribution is -2.28. The first-order chi connectivity index (χ1) is 14.3. The fourth-order valence-electron chi connectivity index (χ4n) is 3.23. The van der Waals surface area contributed by atoms with Crippen LogP contribution in [0.2, 0.25) is 5.15 Å². The first kappa shape index (κ1) is 21.8. The number of fused-ring (bicyclic) bond motifs is 1. The first-order valence-electron chi connectivity index (χ1n) is 9.96. The zero-order valence-electron chi connectivity index (χ0n) is 17.9. The van der Waals surface area contributed by atoms with E-state index in [4.69, 9.17) is 21.3 Å². The van der Waals surface area contributed by atoms with Crippen LogP contribution in [-0.2, 0) is 13.6 Å². The second-order valence-corrected chi connectivity index (χ2v) is 7.82. The number of aryl methyl sites for hydroxylation is 2. The van der Waals surface area contributed by atoms with E-state index in [-0.39, 0.29) is 17.7 Å². The summed E-state index contributed by atoms with van der Waals surface area (Å²) in [5.41, 5.74) is 5.19. The van der Waals surface area contributed by atoms with Gasteiger partial charge in [0.25, 0.3) is 0 Å². The van der Waals surface area contributed by atoms with E-state index in [0.717, 1.165) is 34.4 Å². The number of nitrogens with zero attached hydrogens (tertiary/aromatic N) is 4. The number of rotatable bonds is 7. The molecule has 0 aliphatic carbocycles. The maximum atomic E-state index is 12.4. The minimum Gasteiger partial charge on any atom is -0.478 e. The summed E-state index contributed by atoms with van der Waals surface area (Å²) in [5, 5.41) is 10.3. The van der Waals surface area contributed by atoms with Crippen LogP contribution in [0.4, 0.5) is 10.5 Å². The molecule has 3 aromatic rings. The number of urea groups is 1. The Morgan fingerprint density at radius 1 is 1.27 bits per heavy atom. The van der Waals surface area contributed by atoms with Crippen LogP contribution in [0, 0.1) is 6.92 Å². The highest BCUT2D eigenvalue weighted by atomic mass is 35.5. The quantitative estimate of drug-likeness (QED) is 0.536. The van der Waals surface area contributed by atoms with Crippen molar-refractivity contribution in [3.05, 3.63) is 40.3 Å². The van der Waals surface area contributed by atoms with Crippen LogP contribution in [0.15, 0.2) is 18.2 Å². The molecule has 2 N–H and O–H groups in total. The molecular weight excluding hydrogens is 404 g/mol. The Hall–Kier alpha value is -2.87. The van der Waals surface area contributed by atoms with Crippen molar-refractivity contribution in [3.63, 3.8) is 0 Å². The standard InChI is InChI=1S/C21H27ClN6O2/c1-6-7-30-18-10-14(9-17(22)26-18)25-21(29)23-11-15-8-16(12(2)3)20-19(24-15)13(4)27-28(20)5/h8-10,12H,6-7,11H2,1-5H3,(H2,23,25,26,29). The second-order valence-electron chi connectivity index (χ2n) is 7.44. The van der Waals surface area contributed by atoms with Crippen LogP contribution in [0.3, 0.4) is 0 Å². The van der Waals surface area contributed by atoms with Crippen molar-refractivity contribution in [1.29, 1.82) is 0 Å². The molecule has 0 aromatic carbocycles. The summed E-state index contributed by atoms with van der Waals surface area (Å²) >= 11 is 6.02. The van der Waals surface area contributed by atoms with Crippen LogP contribution in [0.25, 0.3) is 11.0 Å². The highest BCUT2D eigenvalue weighted by Crippen LogP contribution is 2.27. The number of hydrogen-bond donors (Lipinski definition) is 2.